The van der Waals surface area contributed by atoms with Crippen LogP contribution in [0.15, 0.2) is 12.4 Å². The highest BCUT2D eigenvalue weighted by Gasteiger charge is 2.41. The summed E-state index contributed by atoms with van der Waals surface area (Å²) in [6.07, 6.45) is 5.71. The van der Waals surface area contributed by atoms with Crippen LogP contribution in [0.2, 0.25) is 0 Å². The summed E-state index contributed by atoms with van der Waals surface area (Å²) in [4.78, 5) is 18.1. The molecule has 0 spiro atoms. The third kappa shape index (κ3) is 2.12. The molecule has 1 aliphatic rings. The molecule has 1 N–H and O–H groups in total. The van der Waals surface area contributed by atoms with Crippen LogP contribution in [0.1, 0.15) is 32.0 Å². The molecule has 0 aliphatic carbocycles. The molecule has 3 rings (SSSR count). The maximum Gasteiger partial charge on any atom is 0.311 e. The standard InChI is InChI=1S/C14H19N5O2/c1-3-14(13(20)21)5-4-7-18(9-14)11-12-17-16-10(2)19(12)8-6-15-11/h6,8H,3-5,7,9H2,1-2H3,(H,20,21). The number of aryl methyl sites for hydroxylation is 1. The molecule has 1 unspecified atom stereocenters. The summed E-state index contributed by atoms with van der Waals surface area (Å²) >= 11 is 0. The Labute approximate surface area is 122 Å². The van der Waals surface area contributed by atoms with E-state index in [9.17, 15) is 9.90 Å². The van der Waals surface area contributed by atoms with Gasteiger partial charge in [-0.15, -0.1) is 10.2 Å². The number of hydrogen-bond donors (Lipinski definition) is 1. The van der Waals surface area contributed by atoms with Gasteiger partial charge >= 0.3 is 5.97 Å². The number of carboxylic acid groups (broad SMARTS) is 1. The molecule has 0 bridgehead atoms. The second-order valence-corrected chi connectivity index (χ2v) is 5.66. The van der Waals surface area contributed by atoms with E-state index in [1.807, 2.05) is 29.3 Å². The lowest BCUT2D eigenvalue weighted by atomic mass is 9.77. The van der Waals surface area contributed by atoms with Gasteiger partial charge in [0.1, 0.15) is 5.82 Å². The van der Waals surface area contributed by atoms with Gasteiger partial charge in [0.2, 0.25) is 5.65 Å². The molecule has 1 fully saturated rings. The lowest BCUT2D eigenvalue weighted by Crippen LogP contribution is -2.48. The normalized spacial score (nSPS) is 22.7. The molecule has 3 heterocycles. The van der Waals surface area contributed by atoms with Crippen molar-refractivity contribution in [1.82, 2.24) is 19.6 Å². The molecule has 7 heteroatoms. The van der Waals surface area contributed by atoms with Gasteiger partial charge in [0.25, 0.3) is 0 Å². The Hall–Kier alpha value is -2.18. The summed E-state index contributed by atoms with van der Waals surface area (Å²) in [7, 11) is 0. The van der Waals surface area contributed by atoms with Gasteiger partial charge in [-0.2, -0.15) is 0 Å². The van der Waals surface area contributed by atoms with Gasteiger partial charge in [0.05, 0.1) is 5.41 Å². The fourth-order valence-electron chi connectivity index (χ4n) is 3.08. The largest absolute Gasteiger partial charge is 0.481 e. The SMILES string of the molecule is CCC1(C(=O)O)CCCN(c2nccn3c(C)nnc23)C1. The fourth-order valence-corrected chi connectivity index (χ4v) is 3.08. The predicted octanol–water partition coefficient (Wildman–Crippen LogP) is 1.51. The molecule has 1 aliphatic heterocycles. The highest BCUT2D eigenvalue weighted by molar-refractivity contribution is 5.76. The van der Waals surface area contributed by atoms with Crippen LogP contribution in [-0.4, -0.2) is 43.7 Å². The minimum atomic E-state index is -0.723. The number of aromatic nitrogens is 4. The van der Waals surface area contributed by atoms with Crippen LogP contribution in [0, 0.1) is 12.3 Å². The van der Waals surface area contributed by atoms with E-state index in [-0.39, 0.29) is 0 Å². The summed E-state index contributed by atoms with van der Waals surface area (Å²) in [6, 6.07) is 0. The molecule has 1 saturated heterocycles. The quantitative estimate of drug-likeness (QED) is 0.922. The van der Waals surface area contributed by atoms with E-state index in [1.165, 1.54) is 0 Å². The first-order valence-electron chi connectivity index (χ1n) is 7.22. The number of fused-ring (bicyclic) bond motifs is 1. The minimum Gasteiger partial charge on any atom is -0.481 e. The Balaban J connectivity index is 2.01. The molecule has 7 nitrogen and oxygen atoms in total. The lowest BCUT2D eigenvalue weighted by Gasteiger charge is -2.39. The summed E-state index contributed by atoms with van der Waals surface area (Å²) in [5, 5.41) is 17.8. The topological polar surface area (TPSA) is 83.6 Å². The van der Waals surface area contributed by atoms with Crippen LogP contribution in [0.5, 0.6) is 0 Å². The van der Waals surface area contributed by atoms with E-state index in [0.717, 1.165) is 24.6 Å². The molecule has 0 aromatic carbocycles. The van der Waals surface area contributed by atoms with Crippen molar-refractivity contribution in [3.8, 4) is 0 Å². The average molecular weight is 289 g/mol. The maximum atomic E-state index is 11.7. The van der Waals surface area contributed by atoms with Crippen molar-refractivity contribution in [1.29, 1.82) is 0 Å². The van der Waals surface area contributed by atoms with E-state index in [2.05, 4.69) is 15.2 Å². The summed E-state index contributed by atoms with van der Waals surface area (Å²) in [5.41, 5.74) is -0.00532. The minimum absolute atomic E-state index is 0.470. The van der Waals surface area contributed by atoms with Crippen LogP contribution < -0.4 is 4.90 Å². The number of anilines is 1. The number of carboxylic acids is 1. The van der Waals surface area contributed by atoms with E-state index in [4.69, 9.17) is 0 Å². The van der Waals surface area contributed by atoms with Crippen molar-refractivity contribution in [3.05, 3.63) is 18.2 Å². The van der Waals surface area contributed by atoms with Gasteiger partial charge in [-0.1, -0.05) is 6.92 Å². The Morgan fingerprint density at radius 2 is 2.29 bits per heavy atom. The van der Waals surface area contributed by atoms with Crippen molar-refractivity contribution in [2.24, 2.45) is 5.41 Å². The Morgan fingerprint density at radius 3 is 3.00 bits per heavy atom. The second kappa shape index (κ2) is 4.98. The van der Waals surface area contributed by atoms with E-state index < -0.39 is 11.4 Å². The number of hydrogen-bond acceptors (Lipinski definition) is 5. The number of carbonyl (C=O) groups is 1. The number of piperidine rings is 1. The molecule has 112 valence electrons. The van der Waals surface area contributed by atoms with Crippen molar-refractivity contribution in [3.63, 3.8) is 0 Å². The molecule has 2 aromatic rings. The summed E-state index contributed by atoms with van der Waals surface area (Å²) in [5.74, 6) is 0.793. The van der Waals surface area contributed by atoms with Gasteiger partial charge in [-0.25, -0.2) is 4.98 Å². The van der Waals surface area contributed by atoms with Crippen LogP contribution in [0.4, 0.5) is 5.82 Å². The highest BCUT2D eigenvalue weighted by atomic mass is 16.4. The smallest absolute Gasteiger partial charge is 0.311 e. The zero-order valence-corrected chi connectivity index (χ0v) is 12.3. The van der Waals surface area contributed by atoms with Crippen LogP contribution in [0.25, 0.3) is 5.65 Å². The van der Waals surface area contributed by atoms with Gasteiger partial charge in [-0.05, 0) is 26.2 Å². The van der Waals surface area contributed by atoms with Crippen molar-refractivity contribution in [2.75, 3.05) is 18.0 Å². The molecule has 1 atom stereocenters. The fraction of sp³-hybridized carbons (Fsp3) is 0.571. The average Bonchev–Trinajstić information content (AvgIpc) is 2.89. The molecule has 0 saturated carbocycles. The monoisotopic (exact) mass is 289 g/mol. The zero-order chi connectivity index (χ0) is 15.0. The van der Waals surface area contributed by atoms with Gasteiger partial charge < -0.3 is 10.0 Å². The van der Waals surface area contributed by atoms with E-state index in [1.54, 1.807) is 6.20 Å². The van der Waals surface area contributed by atoms with Gasteiger partial charge in [0, 0.05) is 25.5 Å². The molecule has 0 amide bonds. The third-order valence-corrected chi connectivity index (χ3v) is 4.49. The van der Waals surface area contributed by atoms with Crippen molar-refractivity contribution < 1.29 is 9.90 Å². The zero-order valence-electron chi connectivity index (χ0n) is 12.3. The number of nitrogens with zero attached hydrogens (tertiary/aromatic N) is 5. The first-order valence-corrected chi connectivity index (χ1v) is 7.22. The number of rotatable bonds is 3. The number of aliphatic carboxylic acids is 1. The van der Waals surface area contributed by atoms with Gasteiger partial charge in [0.15, 0.2) is 5.82 Å². The third-order valence-electron chi connectivity index (χ3n) is 4.49. The molecular formula is C14H19N5O2. The molecule has 0 radical (unpaired) electrons. The summed E-state index contributed by atoms with van der Waals surface area (Å²) in [6.45, 7) is 5.09. The lowest BCUT2D eigenvalue weighted by molar-refractivity contribution is -0.149. The van der Waals surface area contributed by atoms with Crippen LogP contribution >= 0.6 is 0 Å². The van der Waals surface area contributed by atoms with Crippen LogP contribution in [0.3, 0.4) is 0 Å². The molecular weight excluding hydrogens is 270 g/mol. The Kier molecular flexibility index (Phi) is 3.27. The Morgan fingerprint density at radius 1 is 1.48 bits per heavy atom. The molecule has 2 aromatic heterocycles. The Bertz CT molecular complexity index is 683. The van der Waals surface area contributed by atoms with Crippen molar-refractivity contribution in [2.45, 2.75) is 33.1 Å². The maximum absolute atomic E-state index is 11.7. The first-order chi connectivity index (χ1) is 10.1. The van der Waals surface area contributed by atoms with Crippen molar-refractivity contribution >= 4 is 17.4 Å². The van der Waals surface area contributed by atoms with Gasteiger partial charge in [-0.3, -0.25) is 9.20 Å². The second-order valence-electron chi connectivity index (χ2n) is 5.66. The van der Waals surface area contributed by atoms with Crippen LogP contribution in [-0.2, 0) is 4.79 Å². The predicted molar refractivity (Wildman–Crippen MR) is 77.3 cm³/mol. The first kappa shape index (κ1) is 13.8. The van der Waals surface area contributed by atoms with E-state index in [0.29, 0.717) is 25.0 Å². The molecule has 21 heavy (non-hydrogen) atoms. The highest BCUT2D eigenvalue weighted by Crippen LogP contribution is 2.36. The summed E-state index contributed by atoms with van der Waals surface area (Å²) < 4.78 is 1.88. The van der Waals surface area contributed by atoms with E-state index >= 15 is 0 Å².